The van der Waals surface area contributed by atoms with Crippen LogP contribution in [-0.4, -0.2) is 52.7 Å². The number of rotatable bonds is 12. The second kappa shape index (κ2) is 34.0. The molecule has 20 aromatic carbocycles. The topological polar surface area (TPSA) is 141 Å². The normalized spacial score (nSPS) is 11.8. The highest BCUT2D eigenvalue weighted by atomic mass is 16.3. The van der Waals surface area contributed by atoms with Gasteiger partial charge in [0.25, 0.3) is 0 Å². The van der Waals surface area contributed by atoms with Crippen LogP contribution in [0.1, 0.15) is 0 Å². The summed E-state index contributed by atoms with van der Waals surface area (Å²) in [5.41, 5.74) is 31.9. The van der Waals surface area contributed by atoms with Crippen molar-refractivity contribution in [2.45, 2.75) is 0 Å². The third-order valence-corrected chi connectivity index (χ3v) is 28.7. The van der Waals surface area contributed by atoms with Crippen LogP contribution in [0.2, 0.25) is 0 Å². The van der Waals surface area contributed by atoms with Gasteiger partial charge in [-0.15, -0.1) is 0 Å². The minimum Gasteiger partial charge on any atom is -0.438 e. The quantitative estimate of drug-likeness (QED) is 0.117. The molecule has 0 spiro atoms. The Hall–Kier alpha value is -20.0. The number of furan rings is 3. The molecule has 0 aliphatic heterocycles. The number of aromatic nitrogens is 11. The van der Waals surface area contributed by atoms with Crippen LogP contribution in [0.15, 0.2) is 505 Å². The van der Waals surface area contributed by atoms with E-state index in [9.17, 15) is 0 Å². The van der Waals surface area contributed by atoms with Crippen molar-refractivity contribution in [2.75, 3.05) is 0 Å². The first-order valence-corrected chi connectivity index (χ1v) is 49.1. The minimum absolute atomic E-state index is 0.571. The zero-order valence-corrected chi connectivity index (χ0v) is 78.4. The van der Waals surface area contributed by atoms with E-state index in [0.717, 1.165) is 156 Å². The molecule has 0 radical (unpaired) electrons. The number of benzene rings is 20. The van der Waals surface area contributed by atoms with Gasteiger partial charge in [0, 0.05) is 132 Å². The molecule has 0 unspecified atom stereocenters. The Morgan fingerprint density at radius 2 is 0.404 bits per heavy atom. The van der Waals surface area contributed by atoms with Gasteiger partial charge in [0.05, 0.1) is 88.4 Å². The fourth-order valence-corrected chi connectivity index (χ4v) is 22.3. The van der Waals surface area contributed by atoms with Crippen LogP contribution in [-0.2, 0) is 0 Å². The minimum atomic E-state index is 0.571. The second-order valence-electron chi connectivity index (χ2n) is 37.0. The van der Waals surface area contributed by atoms with Crippen molar-refractivity contribution in [2.24, 2.45) is 0 Å². The van der Waals surface area contributed by atoms with Gasteiger partial charge in [-0.05, 0) is 157 Å². The lowest BCUT2D eigenvalue weighted by Crippen LogP contribution is -1.97. The Bertz CT molecular complexity index is 10600. The summed E-state index contributed by atoms with van der Waals surface area (Å²) in [6, 6.07) is 172. The van der Waals surface area contributed by atoms with Crippen molar-refractivity contribution >= 4 is 175 Å². The van der Waals surface area contributed by atoms with E-state index in [4.69, 9.17) is 43.2 Å². The zero-order chi connectivity index (χ0) is 96.0. The Labute approximate surface area is 834 Å². The molecule has 14 heteroatoms. The highest BCUT2D eigenvalue weighted by Gasteiger charge is 2.28. The third kappa shape index (κ3) is 13.6. The molecule has 146 heavy (non-hydrogen) atoms. The van der Waals surface area contributed by atoms with Crippen LogP contribution in [0.5, 0.6) is 0 Å². The van der Waals surface area contributed by atoms with E-state index in [1.807, 2.05) is 72.8 Å². The molecule has 0 aliphatic carbocycles. The van der Waals surface area contributed by atoms with E-state index >= 15 is 0 Å². The summed E-state index contributed by atoms with van der Waals surface area (Å²) >= 11 is 0. The molecule has 0 fully saturated rings. The molecular weight excluding hydrogens is 1790 g/mol. The van der Waals surface area contributed by atoms with E-state index < -0.39 is 0 Å². The summed E-state index contributed by atoms with van der Waals surface area (Å²) in [5.74, 6) is 1.87. The molecule has 0 atom stereocenters. The molecule has 31 aromatic rings. The first kappa shape index (κ1) is 83.0. The zero-order valence-electron chi connectivity index (χ0n) is 78.4. The molecule has 0 aliphatic rings. The van der Waals surface area contributed by atoms with E-state index in [1.165, 1.54) is 92.5 Å². The lowest BCUT2D eigenvalue weighted by atomic mass is 9.97. The molecule has 0 N–H and O–H groups in total. The van der Waals surface area contributed by atoms with Crippen LogP contribution in [0, 0.1) is 0 Å². The molecule has 682 valence electrons. The fourth-order valence-electron chi connectivity index (χ4n) is 22.3. The molecule has 0 saturated heterocycles. The lowest BCUT2D eigenvalue weighted by Gasteiger charge is -2.12. The predicted molar refractivity (Wildman–Crippen MR) is 598 cm³/mol. The summed E-state index contributed by atoms with van der Waals surface area (Å²) in [5, 5.41) is 18.0. The van der Waals surface area contributed by atoms with E-state index in [1.54, 1.807) is 0 Å². The number of fused-ring (bicyclic) bond motifs is 24. The van der Waals surface area contributed by atoms with Crippen LogP contribution in [0.3, 0.4) is 0 Å². The predicted octanol–water partition coefficient (Wildman–Crippen LogP) is 34.3. The van der Waals surface area contributed by atoms with E-state index in [-0.39, 0.29) is 0 Å². The molecule has 11 heterocycles. The molecule has 0 bridgehead atoms. The average Bonchev–Trinajstić information content (AvgIpc) is 1.63. The largest absolute Gasteiger partial charge is 0.438 e. The summed E-state index contributed by atoms with van der Waals surface area (Å²) in [7, 11) is 0. The maximum atomic E-state index is 6.46. The second-order valence-corrected chi connectivity index (χ2v) is 37.0. The highest BCUT2D eigenvalue weighted by molar-refractivity contribution is 6.19. The molecular formula is C132H81N11O3. The van der Waals surface area contributed by atoms with Gasteiger partial charge in [-0.25, -0.2) is 15.0 Å². The first-order chi connectivity index (χ1) is 72.4. The van der Waals surface area contributed by atoms with Crippen LogP contribution >= 0.6 is 0 Å². The Morgan fingerprint density at radius 3 is 0.822 bits per heavy atom. The maximum absolute atomic E-state index is 6.46. The van der Waals surface area contributed by atoms with Crippen molar-refractivity contribution in [3.05, 3.63) is 491 Å². The molecule has 14 nitrogen and oxygen atoms in total. The van der Waals surface area contributed by atoms with Crippen LogP contribution < -0.4 is 0 Å². The maximum Gasteiger partial charge on any atom is 0.231 e. The molecule has 31 rings (SSSR count). The van der Waals surface area contributed by atoms with Crippen molar-refractivity contribution < 1.29 is 13.3 Å². The average molecular weight is 1870 g/mol. The highest BCUT2D eigenvalue weighted by Crippen LogP contribution is 2.47. The summed E-state index contributed by atoms with van der Waals surface area (Å²) < 4.78 is 30.9. The van der Waals surface area contributed by atoms with Crippen molar-refractivity contribution in [3.63, 3.8) is 0 Å². The van der Waals surface area contributed by atoms with Gasteiger partial charge in [-0.1, -0.05) is 346 Å². The smallest absolute Gasteiger partial charge is 0.231 e. The number of nitrogens with zero attached hydrogens (tertiary/aromatic N) is 11. The van der Waals surface area contributed by atoms with Crippen LogP contribution in [0.4, 0.5) is 0 Å². The third-order valence-electron chi connectivity index (χ3n) is 28.7. The van der Waals surface area contributed by atoms with Gasteiger partial charge in [-0.3, -0.25) is 0 Å². The number of hydrogen-bond donors (Lipinski definition) is 0. The van der Waals surface area contributed by atoms with E-state index in [2.05, 4.69) is 441 Å². The standard InChI is InChI=1S/2C46H28N4O.C40H25N3O/c1-2-14-31(15-3-1)49-38-21-8-6-19-35(38)36-26-25-30(28-41(36)49)45-47-44(43-37-20-7-11-24-42(37)51-46(43)48-45)29-13-12-16-32(27-29)50-39-22-9-4-17-33(39)34-18-5-10-23-40(34)50;1-2-12-31(13-3-1)50-40-20-10-6-16-35(40)36-27-24-30(28-41(36)50)45-47-44(43-37-17-7-11-21-42(37)51-46(43)48-45)29-22-25-32(26-23-29)49-38-18-8-4-14-33(38)34-15-5-9-19-39(34)49;1-3-13-26(14-4-1)38-37-32-20-8-10-24-35(32)44-40(37)42-39(41-38)28-16-11-15-27(25-28)30-21-12-23-34-36(30)31-19-7-9-22-33(31)43(34)29-17-5-2-6-18-29/h2*1-28H;1-25H. The van der Waals surface area contributed by atoms with Gasteiger partial charge in [0.15, 0.2) is 17.5 Å². The van der Waals surface area contributed by atoms with E-state index in [0.29, 0.717) is 34.6 Å². The number of hydrogen-bond acceptors (Lipinski definition) is 9. The SMILES string of the molecule is c1ccc(-c2nc(-c3cccc(-c4cccc5c4c4ccccc4n5-c4ccccc4)c3)nc3oc4ccccc4c23)cc1.c1ccc(-n2c3ccccc3c3ccc(-c4nc(-c5ccc(-n6c7ccccc7c7ccccc76)cc5)c5c(n4)oc4ccccc45)cc32)cc1.c1ccc(-n2c3ccccc3c3ccc(-c4nc(-c5cccc(-n6c7ccccc7c7ccccc76)c5)c5c(n4)oc4ccccc45)cc32)cc1. The Balaban J connectivity index is 0.000000104. The fraction of sp³-hybridized carbons (Fsp3) is 0. The molecule has 0 saturated carbocycles. The van der Waals surface area contributed by atoms with Crippen LogP contribution in [0.25, 0.3) is 283 Å². The summed E-state index contributed by atoms with van der Waals surface area (Å²) in [4.78, 5) is 31.0. The van der Waals surface area contributed by atoms with Crippen molar-refractivity contribution in [1.82, 2.24) is 52.7 Å². The van der Waals surface area contributed by atoms with Gasteiger partial charge in [0.2, 0.25) is 17.1 Å². The van der Waals surface area contributed by atoms with Gasteiger partial charge in [0.1, 0.15) is 16.7 Å². The summed E-state index contributed by atoms with van der Waals surface area (Å²) in [6.45, 7) is 0. The van der Waals surface area contributed by atoms with Gasteiger partial charge < -0.3 is 36.1 Å². The van der Waals surface area contributed by atoms with Gasteiger partial charge in [-0.2, -0.15) is 15.0 Å². The van der Waals surface area contributed by atoms with Gasteiger partial charge >= 0.3 is 0 Å². The number of para-hydroxylation sites is 13. The lowest BCUT2D eigenvalue weighted by molar-refractivity contribution is 0.653. The monoisotopic (exact) mass is 1870 g/mol. The summed E-state index contributed by atoms with van der Waals surface area (Å²) in [6.07, 6.45) is 0. The Kier molecular flexibility index (Phi) is 19.3. The molecule has 11 aromatic heterocycles. The molecule has 0 amide bonds. The van der Waals surface area contributed by atoms with Crippen molar-refractivity contribution in [1.29, 1.82) is 0 Å². The van der Waals surface area contributed by atoms with Crippen molar-refractivity contribution in [3.8, 4) is 107 Å². The Morgan fingerprint density at radius 1 is 0.144 bits per heavy atom. The first-order valence-electron chi connectivity index (χ1n) is 49.1.